The fraction of sp³-hybridized carbons (Fsp3) is 0.0645. The van der Waals surface area contributed by atoms with E-state index < -0.39 is 0 Å². The molecule has 1 nitrogen and oxygen atoms in total. The molecular formula is C62H44O. The van der Waals surface area contributed by atoms with E-state index >= 15 is 0 Å². The summed E-state index contributed by atoms with van der Waals surface area (Å²) in [6, 6.07) is 82.5. The molecule has 0 spiro atoms. The molecule has 11 aromatic rings. The highest BCUT2D eigenvalue weighted by Crippen LogP contribution is 2.51. The Hall–Kier alpha value is -7.74. The Labute approximate surface area is 368 Å². The highest BCUT2D eigenvalue weighted by Gasteiger charge is 2.36. The summed E-state index contributed by atoms with van der Waals surface area (Å²) < 4.78 is 6.47. The van der Waals surface area contributed by atoms with Crippen LogP contribution in [0.4, 0.5) is 0 Å². The molecule has 1 heterocycles. The number of benzene rings is 10. The van der Waals surface area contributed by atoms with E-state index in [0.29, 0.717) is 0 Å². The highest BCUT2D eigenvalue weighted by molar-refractivity contribution is 6.09. The summed E-state index contributed by atoms with van der Waals surface area (Å²) in [6.07, 6.45) is 0. The van der Waals surface area contributed by atoms with E-state index in [2.05, 4.69) is 232 Å². The molecule has 0 saturated heterocycles. The van der Waals surface area contributed by atoms with Gasteiger partial charge in [-0.3, -0.25) is 0 Å². The normalized spacial score (nSPS) is 13.3. The van der Waals surface area contributed by atoms with Crippen molar-refractivity contribution < 1.29 is 4.42 Å². The molecule has 1 aliphatic carbocycles. The van der Waals surface area contributed by atoms with E-state index in [1.165, 1.54) is 83.1 Å². The van der Waals surface area contributed by atoms with Gasteiger partial charge in [-0.1, -0.05) is 220 Å². The lowest BCUT2D eigenvalue weighted by Gasteiger charge is -2.25. The first-order valence-electron chi connectivity index (χ1n) is 22.0. The topological polar surface area (TPSA) is 13.1 Å². The predicted molar refractivity (Wildman–Crippen MR) is 264 cm³/mol. The lowest BCUT2D eigenvalue weighted by Crippen LogP contribution is -2.16. The van der Waals surface area contributed by atoms with Crippen LogP contribution in [0.25, 0.3) is 88.3 Å². The van der Waals surface area contributed by atoms with Gasteiger partial charge in [0.05, 0.1) is 0 Å². The molecule has 0 amide bonds. The summed E-state index contributed by atoms with van der Waals surface area (Å²) in [5.74, 6) is 0.0218. The smallest absolute Gasteiger partial charge is 0.143 e. The molecule has 1 unspecified atom stereocenters. The van der Waals surface area contributed by atoms with Gasteiger partial charge in [-0.15, -0.1) is 0 Å². The maximum Gasteiger partial charge on any atom is 0.143 e. The minimum atomic E-state index is -0.178. The zero-order valence-electron chi connectivity index (χ0n) is 35.3. The van der Waals surface area contributed by atoms with E-state index in [0.717, 1.165) is 33.1 Å². The van der Waals surface area contributed by atoms with E-state index in [1.807, 2.05) is 6.07 Å². The van der Waals surface area contributed by atoms with Crippen LogP contribution in [-0.4, -0.2) is 0 Å². The molecular weight excluding hydrogens is 761 g/mol. The molecule has 1 heteroatoms. The average molecular weight is 805 g/mol. The molecule has 0 aliphatic heterocycles. The van der Waals surface area contributed by atoms with Crippen LogP contribution in [-0.2, 0) is 5.41 Å². The SMILES string of the molecule is CC1(C)c2cc(-c3ccc4ccccc4c3)ccc2-c2ccc(C(c3ccc(-c4ccc(-c5ccccc5)cc4)cc3)c3ccc(-c4cccc5c4oc4ccccc45)cc3)cc21. The van der Waals surface area contributed by atoms with Gasteiger partial charge in [-0.25, -0.2) is 0 Å². The third kappa shape index (κ3) is 6.31. The molecule has 0 N–H and O–H groups in total. The first-order valence-corrected chi connectivity index (χ1v) is 22.0. The highest BCUT2D eigenvalue weighted by atomic mass is 16.3. The van der Waals surface area contributed by atoms with Crippen LogP contribution < -0.4 is 0 Å². The molecule has 1 aliphatic rings. The number of para-hydroxylation sites is 2. The minimum absolute atomic E-state index is 0.0218. The molecule has 0 bridgehead atoms. The van der Waals surface area contributed by atoms with Crippen molar-refractivity contribution in [2.24, 2.45) is 0 Å². The van der Waals surface area contributed by atoms with Gasteiger partial charge in [0.1, 0.15) is 11.2 Å². The van der Waals surface area contributed by atoms with Gasteiger partial charge in [0.2, 0.25) is 0 Å². The van der Waals surface area contributed by atoms with Gasteiger partial charge in [0.15, 0.2) is 0 Å². The summed E-state index contributed by atoms with van der Waals surface area (Å²) in [7, 11) is 0. The first-order chi connectivity index (χ1) is 31.0. The second-order valence-electron chi connectivity index (χ2n) is 17.7. The fourth-order valence-corrected chi connectivity index (χ4v) is 10.2. The zero-order valence-corrected chi connectivity index (χ0v) is 35.3. The summed E-state index contributed by atoms with van der Waals surface area (Å²) >= 11 is 0. The van der Waals surface area contributed by atoms with Crippen LogP contribution in [0.1, 0.15) is 47.6 Å². The standard InChI is InChI=1S/C62H44O/c1-62(2)57-38-50(49-32-25-41-13-6-7-14-48(41)37-49)33-35-53(57)54-36-34-51(39-58(54)62)60(46-28-23-44(24-29-46)43-21-19-42(20-22-43)40-11-4-3-5-12-40)47-30-26-45(27-31-47)52-16-10-17-56-55-15-8-9-18-59(55)63-61(52)56/h3-39,60H,1-2H3. The molecule has 298 valence electrons. The summed E-state index contributed by atoms with van der Waals surface area (Å²) in [4.78, 5) is 0. The van der Waals surface area contributed by atoms with Crippen molar-refractivity contribution in [2.45, 2.75) is 25.2 Å². The second kappa shape index (κ2) is 14.7. The van der Waals surface area contributed by atoms with Gasteiger partial charge in [0, 0.05) is 27.7 Å². The van der Waals surface area contributed by atoms with Crippen molar-refractivity contribution in [3.8, 4) is 55.6 Å². The number of hydrogen-bond acceptors (Lipinski definition) is 1. The summed E-state index contributed by atoms with van der Waals surface area (Å²) in [5, 5.41) is 4.82. The van der Waals surface area contributed by atoms with E-state index in [4.69, 9.17) is 4.42 Å². The minimum Gasteiger partial charge on any atom is -0.455 e. The van der Waals surface area contributed by atoms with Crippen molar-refractivity contribution in [3.63, 3.8) is 0 Å². The monoisotopic (exact) mass is 804 g/mol. The van der Waals surface area contributed by atoms with Gasteiger partial charge in [-0.05, 0) is 107 Å². The van der Waals surface area contributed by atoms with Crippen molar-refractivity contribution in [1.29, 1.82) is 0 Å². The van der Waals surface area contributed by atoms with Gasteiger partial charge < -0.3 is 4.42 Å². The molecule has 12 rings (SSSR count). The Bertz CT molecular complexity index is 3500. The lowest BCUT2D eigenvalue weighted by atomic mass is 9.78. The third-order valence-corrected chi connectivity index (χ3v) is 13.6. The quantitative estimate of drug-likeness (QED) is 0.146. The average Bonchev–Trinajstić information content (AvgIpc) is 3.83. The Morgan fingerprint density at radius 1 is 0.333 bits per heavy atom. The number of rotatable bonds is 7. The second-order valence-corrected chi connectivity index (χ2v) is 17.7. The summed E-state index contributed by atoms with van der Waals surface area (Å²) in [5.41, 5.74) is 20.5. The molecule has 1 aromatic heterocycles. The van der Waals surface area contributed by atoms with Crippen LogP contribution >= 0.6 is 0 Å². The Morgan fingerprint density at radius 3 is 1.57 bits per heavy atom. The van der Waals surface area contributed by atoms with Crippen molar-refractivity contribution in [2.75, 3.05) is 0 Å². The van der Waals surface area contributed by atoms with Crippen LogP contribution in [0.15, 0.2) is 229 Å². The van der Waals surface area contributed by atoms with Crippen LogP contribution in [0.3, 0.4) is 0 Å². The zero-order chi connectivity index (χ0) is 42.1. The van der Waals surface area contributed by atoms with Gasteiger partial charge in [-0.2, -0.15) is 0 Å². The van der Waals surface area contributed by atoms with E-state index in [9.17, 15) is 0 Å². The molecule has 10 aromatic carbocycles. The fourth-order valence-electron chi connectivity index (χ4n) is 10.2. The Balaban J connectivity index is 0.931. The lowest BCUT2D eigenvalue weighted by molar-refractivity contribution is 0.659. The molecule has 63 heavy (non-hydrogen) atoms. The van der Waals surface area contributed by atoms with Crippen molar-refractivity contribution in [1.82, 2.24) is 0 Å². The number of furan rings is 1. The van der Waals surface area contributed by atoms with E-state index in [1.54, 1.807) is 0 Å². The maximum atomic E-state index is 6.47. The van der Waals surface area contributed by atoms with E-state index in [-0.39, 0.29) is 11.3 Å². The number of fused-ring (bicyclic) bond motifs is 7. The molecule has 1 atom stereocenters. The molecule has 0 radical (unpaired) electrons. The molecule has 0 fully saturated rings. The van der Waals surface area contributed by atoms with Gasteiger partial charge >= 0.3 is 0 Å². The van der Waals surface area contributed by atoms with Crippen molar-refractivity contribution >= 4 is 32.7 Å². The van der Waals surface area contributed by atoms with Crippen LogP contribution in [0, 0.1) is 0 Å². The van der Waals surface area contributed by atoms with Gasteiger partial charge in [0.25, 0.3) is 0 Å². The predicted octanol–water partition coefficient (Wildman–Crippen LogP) is 16.9. The largest absolute Gasteiger partial charge is 0.455 e. The van der Waals surface area contributed by atoms with Crippen LogP contribution in [0.2, 0.25) is 0 Å². The first kappa shape index (κ1) is 37.1. The third-order valence-electron chi connectivity index (χ3n) is 13.6. The van der Waals surface area contributed by atoms with Crippen molar-refractivity contribution in [3.05, 3.63) is 252 Å². The number of hydrogen-bond donors (Lipinski definition) is 0. The Kier molecular flexibility index (Phi) is 8.66. The summed E-state index contributed by atoms with van der Waals surface area (Å²) in [6.45, 7) is 4.79. The van der Waals surface area contributed by atoms with Crippen LogP contribution in [0.5, 0.6) is 0 Å². The molecule has 0 saturated carbocycles. The Morgan fingerprint density at radius 2 is 0.841 bits per heavy atom. The maximum absolute atomic E-state index is 6.47.